The Morgan fingerprint density at radius 3 is 1.10 bits per heavy atom. The van der Waals surface area contributed by atoms with Crippen molar-refractivity contribution >= 4 is 49.3 Å². The lowest BCUT2D eigenvalue weighted by Gasteiger charge is -2.24. The van der Waals surface area contributed by atoms with Gasteiger partial charge in [-0.1, -0.05) is 115 Å². The Morgan fingerprint density at radius 2 is 0.740 bits per heavy atom. The molecule has 0 spiro atoms. The Bertz CT molecular complexity index is 4220. The fourth-order valence-electron chi connectivity index (χ4n) is 10.9. The predicted octanol–water partition coefficient (Wildman–Crippen LogP) is 17.6. The van der Waals surface area contributed by atoms with Gasteiger partial charge in [0.05, 0.1) is 92.1 Å². The van der Waals surface area contributed by atoms with E-state index in [1.807, 2.05) is 112 Å². The second-order valence-electron chi connectivity index (χ2n) is 18.8. The monoisotopic (exact) mass is 995 g/mol. The Kier molecular flexibility index (Phi) is 11.3. The summed E-state index contributed by atoms with van der Waals surface area (Å²) in [6.45, 7) is 9.45. The van der Waals surface area contributed by atoms with Crippen LogP contribution in [0.3, 0.4) is 0 Å². The molecule has 12 aromatic rings. The minimum absolute atomic E-state index is 0.0889. The van der Waals surface area contributed by atoms with Crippen LogP contribution in [0.15, 0.2) is 200 Å². The summed E-state index contributed by atoms with van der Waals surface area (Å²) in [5, 5.41) is 44.2. The maximum atomic E-state index is 16.1. The zero-order valence-corrected chi connectivity index (χ0v) is 40.8. The van der Waals surface area contributed by atoms with E-state index in [1.165, 1.54) is 6.07 Å². The predicted molar refractivity (Wildman–Crippen MR) is 297 cm³/mol. The molecule has 0 atom stereocenters. The zero-order valence-electron chi connectivity index (χ0n) is 40.8. The summed E-state index contributed by atoms with van der Waals surface area (Å²) >= 11 is 0. The van der Waals surface area contributed by atoms with Crippen LogP contribution in [0.2, 0.25) is 0 Å². The molecule has 10 heteroatoms. The number of alkyl halides is 3. The molecule has 2 heterocycles. The van der Waals surface area contributed by atoms with Crippen LogP contribution in [0.25, 0.3) is 115 Å². The molecule has 0 aliphatic carbocycles. The first-order valence-corrected chi connectivity index (χ1v) is 24.4. The molecule has 0 bridgehead atoms. The van der Waals surface area contributed by atoms with Gasteiger partial charge in [-0.3, -0.25) is 0 Å². The van der Waals surface area contributed by atoms with Crippen LogP contribution >= 0.6 is 0 Å². The number of benzene rings is 10. The highest BCUT2D eigenvalue weighted by Gasteiger charge is 2.37. The first kappa shape index (κ1) is 47.1. The SMILES string of the molecule is [C-]#[N+]c1cccc(-c2ccc3c4ccc(-c5cccc(C#N)c5)cc4n(-c4cc(C#N)cc(-n5c6cc(-c7cccc(C#N)c7)ccc6c6ccc(-c7cccc(C#N)c7)cc65)c4-c4c(C)cccc4C(F)(F)F)c3c2)c1. The Balaban J connectivity index is 1.29. The Labute approximate surface area is 440 Å². The molecule has 360 valence electrons. The first-order chi connectivity index (χ1) is 37.5. The van der Waals surface area contributed by atoms with Gasteiger partial charge in [0, 0.05) is 32.7 Å². The van der Waals surface area contributed by atoms with Crippen molar-refractivity contribution in [2.45, 2.75) is 13.1 Å². The molecule has 0 unspecified atom stereocenters. The van der Waals surface area contributed by atoms with Crippen LogP contribution in [0, 0.1) is 58.8 Å². The van der Waals surface area contributed by atoms with Gasteiger partial charge >= 0.3 is 6.18 Å². The summed E-state index contributed by atoms with van der Waals surface area (Å²) in [5.74, 6) is 0. The van der Waals surface area contributed by atoms with E-state index in [4.69, 9.17) is 6.57 Å². The summed E-state index contributed by atoms with van der Waals surface area (Å²) < 4.78 is 52.1. The quantitative estimate of drug-likeness (QED) is 0.148. The average Bonchev–Trinajstić information content (AvgIpc) is 4.13. The third-order valence-electron chi connectivity index (χ3n) is 14.4. The molecule has 0 N–H and O–H groups in total. The molecule has 0 aliphatic rings. The maximum absolute atomic E-state index is 16.1. The fourth-order valence-corrected chi connectivity index (χ4v) is 10.9. The number of hydrogen-bond donors (Lipinski definition) is 0. The summed E-state index contributed by atoms with van der Waals surface area (Å²) in [7, 11) is 0. The molecule has 0 aliphatic heterocycles. The second-order valence-corrected chi connectivity index (χ2v) is 18.8. The van der Waals surface area contributed by atoms with E-state index < -0.39 is 11.7 Å². The average molecular weight is 996 g/mol. The van der Waals surface area contributed by atoms with Gasteiger partial charge in [-0.2, -0.15) is 34.2 Å². The molecule has 0 amide bonds. The molecular weight excluding hydrogens is 960 g/mol. The Morgan fingerprint density at radius 1 is 0.390 bits per heavy atom. The van der Waals surface area contributed by atoms with Crippen LogP contribution in [-0.4, -0.2) is 9.13 Å². The Hall–Kier alpha value is -11.0. The van der Waals surface area contributed by atoms with Gasteiger partial charge in [0.1, 0.15) is 0 Å². The lowest BCUT2D eigenvalue weighted by Crippen LogP contribution is -2.12. The number of aromatic nitrogens is 2. The fraction of sp³-hybridized carbons (Fsp3) is 0.0299. The third kappa shape index (κ3) is 8.06. The maximum Gasteiger partial charge on any atom is 0.417 e. The van der Waals surface area contributed by atoms with Gasteiger partial charge in [-0.25, -0.2) is 4.85 Å². The van der Waals surface area contributed by atoms with Crippen molar-refractivity contribution in [3.8, 4) is 91.3 Å². The molecule has 0 fully saturated rings. The van der Waals surface area contributed by atoms with Crippen LogP contribution < -0.4 is 0 Å². The van der Waals surface area contributed by atoms with Crippen LogP contribution in [0.1, 0.15) is 33.4 Å². The lowest BCUT2D eigenvalue weighted by molar-refractivity contribution is -0.137. The molecule has 0 saturated carbocycles. The van der Waals surface area contributed by atoms with Crippen LogP contribution in [0.4, 0.5) is 18.9 Å². The lowest BCUT2D eigenvalue weighted by atomic mass is 9.90. The van der Waals surface area contributed by atoms with Crippen LogP contribution in [-0.2, 0) is 6.18 Å². The minimum Gasteiger partial charge on any atom is -0.308 e. The highest BCUT2D eigenvalue weighted by atomic mass is 19.4. The number of rotatable bonds is 7. The van der Waals surface area contributed by atoms with Crippen molar-refractivity contribution in [2.24, 2.45) is 0 Å². The summed E-state index contributed by atoms with van der Waals surface area (Å²) in [6, 6.07) is 69.1. The van der Waals surface area contributed by atoms with Crippen molar-refractivity contribution in [3.05, 3.63) is 245 Å². The van der Waals surface area contributed by atoms with E-state index in [9.17, 15) is 21.0 Å². The minimum atomic E-state index is -4.84. The number of hydrogen-bond acceptors (Lipinski definition) is 4. The molecule has 2 aromatic heterocycles. The van der Waals surface area contributed by atoms with Gasteiger partial charge in [-0.05, 0) is 142 Å². The van der Waals surface area contributed by atoms with Crippen molar-refractivity contribution in [2.75, 3.05) is 0 Å². The summed E-state index contributed by atoms with van der Waals surface area (Å²) in [4.78, 5) is 3.68. The number of nitrogens with zero attached hydrogens (tertiary/aromatic N) is 7. The standard InChI is InChI=1S/C67H36F3N7/c1-40-8-3-17-58(67(68,69)70)65(40)66-63(76-59-32-49(45-12-4-9-41(26-45)36-71)18-22-54(59)55-23-19-50(33-60(55)76)46-13-5-10-42(27-46)37-72)29-44(39-74)30-64(66)77-61-34-51(47-14-6-11-43(28-47)38-73)20-24-56(61)57-25-21-52(35-62(57)77)48-15-7-16-53(31-48)75-2/h3-35H,1H3. The van der Waals surface area contributed by atoms with E-state index >= 15 is 13.2 Å². The normalized spacial score (nSPS) is 11.3. The third-order valence-corrected chi connectivity index (χ3v) is 14.4. The highest BCUT2D eigenvalue weighted by molar-refractivity contribution is 6.14. The van der Waals surface area contributed by atoms with Gasteiger partial charge in [0.2, 0.25) is 0 Å². The van der Waals surface area contributed by atoms with Gasteiger partial charge < -0.3 is 9.13 Å². The topological polar surface area (TPSA) is 109 Å². The molecule has 10 aromatic carbocycles. The second kappa shape index (κ2) is 18.5. The molecule has 12 rings (SSSR count). The van der Waals surface area contributed by atoms with Crippen molar-refractivity contribution in [1.82, 2.24) is 9.13 Å². The molecule has 0 saturated heterocycles. The van der Waals surface area contributed by atoms with E-state index in [-0.39, 0.29) is 16.7 Å². The van der Waals surface area contributed by atoms with Gasteiger partial charge in [0.25, 0.3) is 0 Å². The van der Waals surface area contributed by atoms with Crippen molar-refractivity contribution in [3.63, 3.8) is 0 Å². The molecule has 77 heavy (non-hydrogen) atoms. The van der Waals surface area contributed by atoms with Crippen molar-refractivity contribution < 1.29 is 13.2 Å². The smallest absolute Gasteiger partial charge is 0.308 e. The summed E-state index contributed by atoms with van der Waals surface area (Å²) in [6.07, 6.45) is -4.84. The molecular formula is C67H36F3N7. The zero-order chi connectivity index (χ0) is 53.1. The number of halogens is 3. The number of aryl methyl sites for hydroxylation is 1. The van der Waals surface area contributed by atoms with Gasteiger partial charge in [-0.15, -0.1) is 0 Å². The van der Waals surface area contributed by atoms with Crippen molar-refractivity contribution in [1.29, 1.82) is 21.0 Å². The molecule has 0 radical (unpaired) electrons. The van der Waals surface area contributed by atoms with E-state index in [0.29, 0.717) is 61.4 Å². The highest BCUT2D eigenvalue weighted by Crippen LogP contribution is 2.49. The summed E-state index contributed by atoms with van der Waals surface area (Å²) in [5.41, 5.74) is 10.6. The van der Waals surface area contributed by atoms with Gasteiger partial charge in [0.15, 0.2) is 5.69 Å². The number of nitriles is 4. The van der Waals surface area contributed by atoms with E-state index in [1.54, 1.807) is 91.9 Å². The van der Waals surface area contributed by atoms with E-state index in [0.717, 1.165) is 72.1 Å². The largest absolute Gasteiger partial charge is 0.417 e. The van der Waals surface area contributed by atoms with Crippen LogP contribution in [0.5, 0.6) is 0 Å². The first-order valence-electron chi connectivity index (χ1n) is 24.4. The van der Waals surface area contributed by atoms with E-state index in [2.05, 4.69) is 29.1 Å². The number of fused-ring (bicyclic) bond motifs is 6. The molecule has 7 nitrogen and oxygen atoms in total.